The summed E-state index contributed by atoms with van der Waals surface area (Å²) in [5, 5.41) is 12.5. The second kappa shape index (κ2) is 6.64. The topological polar surface area (TPSA) is 36.1 Å². The highest BCUT2D eigenvalue weighted by Gasteiger charge is 2.56. The summed E-state index contributed by atoms with van der Waals surface area (Å²) in [6.07, 6.45) is 6.84. The molecule has 7 atom stereocenters. The maximum Gasteiger partial charge on any atom is 0.0689 e. The first-order valence-electron chi connectivity index (χ1n) is 9.90. The minimum atomic E-state index is -0.153. The molecule has 3 rings (SSSR count). The third-order valence-corrected chi connectivity index (χ3v) is 7.81. The van der Waals surface area contributed by atoms with Crippen LogP contribution in [0.2, 0.25) is 0 Å². The standard InChI is InChI=1S/C22H32N2S/c1-14-6-7-18-20-17(8-9-22(18,5)12-23)15(2)10-16(19(14)20)11-21(3,4)24-13-25/h15-20H,1,6-11H2,2-5H3/t15-,16-,17+,18-,19-,20+,22+/m0/s1. The van der Waals surface area contributed by atoms with E-state index in [0.29, 0.717) is 23.7 Å². The maximum absolute atomic E-state index is 9.90. The average Bonchev–Trinajstić information content (AvgIpc) is 2.53. The van der Waals surface area contributed by atoms with Gasteiger partial charge in [0.2, 0.25) is 0 Å². The summed E-state index contributed by atoms with van der Waals surface area (Å²) in [6, 6.07) is 2.71. The van der Waals surface area contributed by atoms with Crippen LogP contribution >= 0.6 is 12.2 Å². The van der Waals surface area contributed by atoms with E-state index >= 15 is 0 Å². The largest absolute Gasteiger partial charge is 0.226 e. The van der Waals surface area contributed by atoms with E-state index in [1.807, 2.05) is 0 Å². The number of thiocarbonyl (C=S) groups is 1. The monoisotopic (exact) mass is 356 g/mol. The van der Waals surface area contributed by atoms with Crippen molar-refractivity contribution in [2.45, 2.75) is 71.8 Å². The first kappa shape index (κ1) is 18.8. The lowest BCUT2D eigenvalue weighted by molar-refractivity contribution is -0.0739. The summed E-state index contributed by atoms with van der Waals surface area (Å²) in [5.74, 6) is 3.84. The van der Waals surface area contributed by atoms with Crippen LogP contribution < -0.4 is 0 Å². The van der Waals surface area contributed by atoms with Crippen molar-refractivity contribution in [1.82, 2.24) is 0 Å². The fourth-order valence-corrected chi connectivity index (χ4v) is 6.89. The van der Waals surface area contributed by atoms with Crippen molar-refractivity contribution in [3.8, 4) is 6.07 Å². The van der Waals surface area contributed by atoms with E-state index in [-0.39, 0.29) is 11.0 Å². The molecular weight excluding hydrogens is 324 g/mol. The number of isothiocyanates is 1. The van der Waals surface area contributed by atoms with Gasteiger partial charge in [0.1, 0.15) is 0 Å². The number of hydrogen-bond donors (Lipinski definition) is 0. The normalized spacial score (nSPS) is 43.6. The minimum Gasteiger partial charge on any atom is -0.226 e. The van der Waals surface area contributed by atoms with Gasteiger partial charge >= 0.3 is 0 Å². The highest BCUT2D eigenvalue weighted by molar-refractivity contribution is 7.78. The van der Waals surface area contributed by atoms with Gasteiger partial charge in [-0.15, -0.1) is 0 Å². The molecule has 0 aromatic rings. The van der Waals surface area contributed by atoms with Crippen molar-refractivity contribution < 1.29 is 0 Å². The van der Waals surface area contributed by atoms with E-state index in [1.54, 1.807) is 0 Å². The van der Waals surface area contributed by atoms with E-state index < -0.39 is 0 Å². The molecule has 0 aromatic heterocycles. The second-order valence-corrected chi connectivity index (χ2v) is 10.0. The fourth-order valence-electron chi connectivity index (χ4n) is 6.65. The van der Waals surface area contributed by atoms with E-state index in [1.165, 1.54) is 18.4 Å². The minimum absolute atomic E-state index is 0.149. The second-order valence-electron chi connectivity index (χ2n) is 9.83. The molecule has 0 unspecified atom stereocenters. The molecule has 0 heterocycles. The van der Waals surface area contributed by atoms with Crippen LogP contribution in [0, 0.1) is 52.3 Å². The molecule has 0 amide bonds. The van der Waals surface area contributed by atoms with Crippen molar-refractivity contribution in [2.24, 2.45) is 45.9 Å². The Bertz CT molecular complexity index is 639. The predicted octanol–water partition coefficient (Wildman–Crippen LogP) is 6.05. The van der Waals surface area contributed by atoms with Gasteiger partial charge in [-0.25, -0.2) is 4.99 Å². The molecule has 25 heavy (non-hydrogen) atoms. The SMILES string of the molecule is C=C1CC[C@H]2[C@H]3[C@H](CC[C@]2(C)C#N)[C@@H](C)C[C@@H](CC(C)(C)N=C=S)[C@H]13. The molecule has 0 radical (unpaired) electrons. The molecule has 3 fully saturated rings. The van der Waals surface area contributed by atoms with Gasteiger partial charge in [-0.3, -0.25) is 0 Å². The Morgan fingerprint density at radius 2 is 2.12 bits per heavy atom. The number of rotatable bonds is 3. The predicted molar refractivity (Wildman–Crippen MR) is 106 cm³/mol. The van der Waals surface area contributed by atoms with Crippen LogP contribution in [-0.4, -0.2) is 10.7 Å². The van der Waals surface area contributed by atoms with Crippen molar-refractivity contribution in [1.29, 1.82) is 5.26 Å². The zero-order chi connectivity index (χ0) is 18.4. The maximum atomic E-state index is 9.90. The Balaban J connectivity index is 1.96. The number of nitriles is 1. The van der Waals surface area contributed by atoms with Crippen LogP contribution in [0.3, 0.4) is 0 Å². The molecule has 3 aliphatic carbocycles. The summed E-state index contributed by atoms with van der Waals surface area (Å²) < 4.78 is 0. The number of aliphatic imine (C=N–C) groups is 1. The Hall–Kier alpha value is -0.970. The van der Waals surface area contributed by atoms with Gasteiger partial charge in [-0.2, -0.15) is 5.26 Å². The first-order chi connectivity index (χ1) is 11.7. The van der Waals surface area contributed by atoms with Crippen molar-refractivity contribution in [3.05, 3.63) is 12.2 Å². The summed E-state index contributed by atoms with van der Waals surface area (Å²) in [4.78, 5) is 4.44. The summed E-state index contributed by atoms with van der Waals surface area (Å²) in [5.41, 5.74) is 1.14. The van der Waals surface area contributed by atoms with Crippen LogP contribution in [0.4, 0.5) is 0 Å². The Morgan fingerprint density at radius 1 is 1.40 bits per heavy atom. The van der Waals surface area contributed by atoms with E-state index in [0.717, 1.165) is 37.5 Å². The van der Waals surface area contributed by atoms with Gasteiger partial charge in [0.05, 0.1) is 22.2 Å². The molecule has 0 aliphatic heterocycles. The lowest BCUT2D eigenvalue weighted by Gasteiger charge is -2.59. The van der Waals surface area contributed by atoms with Crippen molar-refractivity contribution in [2.75, 3.05) is 0 Å². The molecule has 3 heteroatoms. The number of allylic oxidation sites excluding steroid dienone is 1. The van der Waals surface area contributed by atoms with Gasteiger partial charge < -0.3 is 0 Å². The quantitative estimate of drug-likeness (QED) is 0.350. The molecule has 3 aliphatic rings. The number of nitrogens with zero attached hydrogens (tertiary/aromatic N) is 2. The molecule has 2 nitrogen and oxygen atoms in total. The van der Waals surface area contributed by atoms with Gasteiger partial charge in [-0.1, -0.05) is 19.1 Å². The van der Waals surface area contributed by atoms with Gasteiger partial charge in [0, 0.05) is 0 Å². The highest BCUT2D eigenvalue weighted by Crippen LogP contribution is 2.62. The Morgan fingerprint density at radius 3 is 2.76 bits per heavy atom. The Kier molecular flexibility index (Phi) is 5.00. The summed E-state index contributed by atoms with van der Waals surface area (Å²) >= 11 is 4.87. The van der Waals surface area contributed by atoms with Gasteiger partial charge in [0.15, 0.2) is 0 Å². The third-order valence-electron chi connectivity index (χ3n) is 7.72. The number of hydrogen-bond acceptors (Lipinski definition) is 3. The molecule has 0 spiro atoms. The lowest BCUT2D eigenvalue weighted by atomic mass is 9.44. The first-order valence-corrected chi connectivity index (χ1v) is 10.3. The van der Waals surface area contributed by atoms with Crippen molar-refractivity contribution >= 4 is 17.4 Å². The zero-order valence-corrected chi connectivity index (χ0v) is 17.0. The molecule has 0 bridgehead atoms. The van der Waals surface area contributed by atoms with E-state index in [2.05, 4.69) is 50.5 Å². The molecule has 3 saturated carbocycles. The lowest BCUT2D eigenvalue weighted by Crippen LogP contribution is -2.53. The molecule has 0 aromatic carbocycles. The molecule has 0 saturated heterocycles. The third kappa shape index (κ3) is 3.24. The van der Waals surface area contributed by atoms with Gasteiger partial charge in [-0.05, 0) is 107 Å². The van der Waals surface area contributed by atoms with Crippen LogP contribution in [-0.2, 0) is 0 Å². The zero-order valence-electron chi connectivity index (χ0n) is 16.2. The summed E-state index contributed by atoms with van der Waals surface area (Å²) in [7, 11) is 0. The van der Waals surface area contributed by atoms with E-state index in [4.69, 9.17) is 12.2 Å². The van der Waals surface area contributed by atoms with Crippen LogP contribution in [0.1, 0.15) is 66.2 Å². The molecule has 136 valence electrons. The van der Waals surface area contributed by atoms with Gasteiger partial charge in [0.25, 0.3) is 0 Å². The fraction of sp³-hybridized carbons (Fsp3) is 0.818. The van der Waals surface area contributed by atoms with Crippen LogP contribution in [0.5, 0.6) is 0 Å². The summed E-state index contributed by atoms with van der Waals surface area (Å²) in [6.45, 7) is 13.5. The van der Waals surface area contributed by atoms with Crippen LogP contribution in [0.25, 0.3) is 0 Å². The average molecular weight is 357 g/mol. The smallest absolute Gasteiger partial charge is 0.0689 e. The highest BCUT2D eigenvalue weighted by atomic mass is 32.1. The van der Waals surface area contributed by atoms with E-state index in [9.17, 15) is 5.26 Å². The van der Waals surface area contributed by atoms with Crippen LogP contribution in [0.15, 0.2) is 17.1 Å². The Labute approximate surface area is 158 Å². The van der Waals surface area contributed by atoms with Crippen molar-refractivity contribution in [3.63, 3.8) is 0 Å². The molecular formula is C22H32N2S. The molecule has 0 N–H and O–H groups in total.